The first kappa shape index (κ1) is 14.0. The van der Waals surface area contributed by atoms with Gasteiger partial charge in [0.1, 0.15) is 11.6 Å². The molecule has 0 aromatic heterocycles. The smallest absolute Gasteiger partial charge is 0.179 e. The van der Waals surface area contributed by atoms with Gasteiger partial charge in [0.25, 0.3) is 0 Å². The predicted molar refractivity (Wildman–Crippen MR) is 64.0 cm³/mol. The van der Waals surface area contributed by atoms with Crippen LogP contribution in [0.25, 0.3) is 0 Å². The van der Waals surface area contributed by atoms with Crippen LogP contribution in [0.4, 0.5) is 8.78 Å². The molecule has 1 aliphatic heterocycles. The van der Waals surface area contributed by atoms with Gasteiger partial charge in [0, 0.05) is 19.2 Å². The van der Waals surface area contributed by atoms with Crippen LogP contribution < -0.4 is 0 Å². The predicted octanol–water partition coefficient (Wildman–Crippen LogP) is 0.841. The number of nitrogens with zero attached hydrogens (tertiary/aromatic N) is 1. The minimum absolute atomic E-state index is 0.0302. The van der Waals surface area contributed by atoms with Crippen LogP contribution in [0, 0.1) is 11.6 Å². The van der Waals surface area contributed by atoms with E-state index in [1.807, 2.05) is 0 Å². The molecule has 0 aliphatic carbocycles. The summed E-state index contributed by atoms with van der Waals surface area (Å²) in [5.41, 5.74) is -0.117. The van der Waals surface area contributed by atoms with Gasteiger partial charge in [-0.2, -0.15) is 0 Å². The number of aliphatic hydroxyl groups excluding tert-OH is 1. The first-order chi connectivity index (χ1) is 9.10. The largest absolute Gasteiger partial charge is 0.394 e. The second-order valence-corrected chi connectivity index (χ2v) is 4.46. The lowest BCUT2D eigenvalue weighted by Crippen LogP contribution is -2.46. The van der Waals surface area contributed by atoms with E-state index in [4.69, 9.17) is 9.84 Å². The van der Waals surface area contributed by atoms with E-state index in [-0.39, 0.29) is 24.8 Å². The van der Waals surface area contributed by atoms with Gasteiger partial charge >= 0.3 is 0 Å². The van der Waals surface area contributed by atoms with Crippen molar-refractivity contribution in [2.75, 3.05) is 32.8 Å². The summed E-state index contributed by atoms with van der Waals surface area (Å²) < 4.78 is 31.5. The standard InChI is InChI=1S/C13H15F2NO3/c14-9-1-2-11(12(15)5-9)13(18)7-16-3-4-19-10(6-16)8-17/h1-2,5,10,17H,3-4,6-8H2. The van der Waals surface area contributed by atoms with Crippen molar-refractivity contribution in [3.05, 3.63) is 35.4 Å². The van der Waals surface area contributed by atoms with Gasteiger partial charge in [0.2, 0.25) is 0 Å². The Morgan fingerprint density at radius 1 is 1.47 bits per heavy atom. The molecule has 1 aliphatic rings. The number of benzene rings is 1. The number of rotatable bonds is 4. The normalized spacial score (nSPS) is 20.5. The van der Waals surface area contributed by atoms with Crippen molar-refractivity contribution in [3.63, 3.8) is 0 Å². The molecule has 0 saturated carbocycles. The molecule has 1 atom stereocenters. The summed E-state index contributed by atoms with van der Waals surface area (Å²) in [4.78, 5) is 13.7. The number of morpholine rings is 1. The Balaban J connectivity index is 2.00. The van der Waals surface area contributed by atoms with Gasteiger partial charge < -0.3 is 9.84 Å². The van der Waals surface area contributed by atoms with Gasteiger partial charge in [-0.15, -0.1) is 0 Å². The summed E-state index contributed by atoms with van der Waals surface area (Å²) in [5.74, 6) is -1.96. The van der Waals surface area contributed by atoms with E-state index in [2.05, 4.69) is 0 Å². The lowest BCUT2D eigenvalue weighted by molar-refractivity contribution is -0.0503. The maximum absolute atomic E-state index is 13.5. The van der Waals surface area contributed by atoms with E-state index in [9.17, 15) is 13.6 Å². The van der Waals surface area contributed by atoms with E-state index in [0.717, 1.165) is 12.1 Å². The van der Waals surface area contributed by atoms with Crippen molar-refractivity contribution < 1.29 is 23.4 Å². The first-order valence-electron chi connectivity index (χ1n) is 6.03. The molecule has 1 aromatic carbocycles. The van der Waals surface area contributed by atoms with Gasteiger partial charge in [-0.1, -0.05) is 0 Å². The quantitative estimate of drug-likeness (QED) is 0.825. The minimum atomic E-state index is -0.850. The van der Waals surface area contributed by atoms with Crippen molar-refractivity contribution >= 4 is 5.78 Å². The molecule has 0 bridgehead atoms. The average molecular weight is 271 g/mol. The van der Waals surface area contributed by atoms with E-state index < -0.39 is 17.4 Å². The fraction of sp³-hybridized carbons (Fsp3) is 0.462. The molecule has 1 aromatic rings. The second-order valence-electron chi connectivity index (χ2n) is 4.46. The van der Waals surface area contributed by atoms with E-state index in [1.54, 1.807) is 4.90 Å². The molecule has 1 heterocycles. The molecule has 1 saturated heterocycles. The summed E-state index contributed by atoms with van der Waals surface area (Å²) in [6.45, 7) is 1.30. The summed E-state index contributed by atoms with van der Waals surface area (Å²) >= 11 is 0. The van der Waals surface area contributed by atoms with E-state index in [1.165, 1.54) is 0 Å². The number of hydrogen-bond donors (Lipinski definition) is 1. The molecular weight excluding hydrogens is 256 g/mol. The maximum atomic E-state index is 13.5. The topological polar surface area (TPSA) is 49.8 Å². The number of hydrogen-bond acceptors (Lipinski definition) is 4. The highest BCUT2D eigenvalue weighted by atomic mass is 19.1. The van der Waals surface area contributed by atoms with Crippen molar-refractivity contribution in [1.29, 1.82) is 0 Å². The Morgan fingerprint density at radius 2 is 2.26 bits per heavy atom. The van der Waals surface area contributed by atoms with Crippen LogP contribution in [0.5, 0.6) is 0 Å². The zero-order valence-electron chi connectivity index (χ0n) is 10.3. The summed E-state index contributed by atoms with van der Waals surface area (Å²) in [5, 5.41) is 9.00. The monoisotopic (exact) mass is 271 g/mol. The number of carbonyl (C=O) groups excluding carboxylic acids is 1. The van der Waals surface area contributed by atoms with Crippen molar-refractivity contribution in [3.8, 4) is 0 Å². The van der Waals surface area contributed by atoms with Gasteiger partial charge in [-0.05, 0) is 12.1 Å². The third-order valence-electron chi connectivity index (χ3n) is 3.03. The SMILES string of the molecule is O=C(CN1CCOC(CO)C1)c1ccc(F)cc1F. The summed E-state index contributed by atoms with van der Waals surface area (Å²) in [6.07, 6.45) is -0.320. The highest BCUT2D eigenvalue weighted by molar-refractivity contribution is 5.97. The molecule has 6 heteroatoms. The Kier molecular flexibility index (Phi) is 4.57. The lowest BCUT2D eigenvalue weighted by atomic mass is 10.1. The Labute approximate surface area is 109 Å². The summed E-state index contributed by atoms with van der Waals surface area (Å²) in [7, 11) is 0. The third-order valence-corrected chi connectivity index (χ3v) is 3.03. The molecule has 0 radical (unpaired) electrons. The van der Waals surface area contributed by atoms with Gasteiger partial charge in [-0.3, -0.25) is 9.69 Å². The molecule has 0 spiro atoms. The number of carbonyl (C=O) groups is 1. The van der Waals surface area contributed by atoms with E-state index in [0.29, 0.717) is 25.8 Å². The fourth-order valence-electron chi connectivity index (χ4n) is 2.04. The van der Waals surface area contributed by atoms with Gasteiger partial charge in [0.05, 0.1) is 31.4 Å². The third kappa shape index (κ3) is 3.56. The molecule has 1 fully saturated rings. The van der Waals surface area contributed by atoms with Crippen LogP contribution >= 0.6 is 0 Å². The van der Waals surface area contributed by atoms with Crippen LogP contribution in [-0.2, 0) is 4.74 Å². The average Bonchev–Trinajstić information content (AvgIpc) is 2.38. The van der Waals surface area contributed by atoms with Crippen molar-refractivity contribution in [2.45, 2.75) is 6.10 Å². The van der Waals surface area contributed by atoms with Crippen LogP contribution in [0.3, 0.4) is 0 Å². The van der Waals surface area contributed by atoms with Crippen molar-refractivity contribution in [2.24, 2.45) is 0 Å². The van der Waals surface area contributed by atoms with Crippen LogP contribution in [0.2, 0.25) is 0 Å². The maximum Gasteiger partial charge on any atom is 0.179 e. The molecule has 19 heavy (non-hydrogen) atoms. The van der Waals surface area contributed by atoms with Gasteiger partial charge in [0.15, 0.2) is 5.78 Å². The summed E-state index contributed by atoms with van der Waals surface area (Å²) in [6, 6.07) is 2.91. The Bertz CT molecular complexity index is 467. The van der Waals surface area contributed by atoms with Crippen molar-refractivity contribution in [1.82, 2.24) is 4.90 Å². The van der Waals surface area contributed by atoms with Crippen LogP contribution in [-0.4, -0.2) is 54.7 Å². The number of aliphatic hydroxyl groups is 1. The van der Waals surface area contributed by atoms with E-state index >= 15 is 0 Å². The molecule has 0 amide bonds. The second kappa shape index (κ2) is 6.18. The fourth-order valence-corrected chi connectivity index (χ4v) is 2.04. The van der Waals surface area contributed by atoms with Crippen LogP contribution in [0.15, 0.2) is 18.2 Å². The Hall–Kier alpha value is -1.37. The zero-order chi connectivity index (χ0) is 13.8. The molecule has 2 rings (SSSR count). The number of Topliss-reactive ketones (excluding diaryl/α,β-unsaturated/α-hetero) is 1. The van der Waals surface area contributed by atoms with Crippen LogP contribution in [0.1, 0.15) is 10.4 Å². The molecule has 104 valence electrons. The molecule has 1 unspecified atom stereocenters. The first-order valence-corrected chi connectivity index (χ1v) is 6.03. The number of ketones is 1. The highest BCUT2D eigenvalue weighted by Gasteiger charge is 2.23. The number of halogens is 2. The minimum Gasteiger partial charge on any atom is -0.394 e. The molecular formula is C13H15F2NO3. The lowest BCUT2D eigenvalue weighted by Gasteiger charge is -2.31. The number of ether oxygens (including phenoxy) is 1. The molecule has 4 nitrogen and oxygen atoms in total. The zero-order valence-corrected chi connectivity index (χ0v) is 10.3. The highest BCUT2D eigenvalue weighted by Crippen LogP contribution is 2.12. The molecule has 1 N–H and O–H groups in total. The van der Waals surface area contributed by atoms with Gasteiger partial charge in [-0.25, -0.2) is 8.78 Å². The Morgan fingerprint density at radius 3 is 2.95 bits per heavy atom.